The second kappa shape index (κ2) is 3.15. The topological polar surface area (TPSA) is 55.0 Å². The number of anilines is 1. The first-order valence-electron chi connectivity index (χ1n) is 5.16. The number of hydrogen-bond donors (Lipinski definition) is 1. The van der Waals surface area contributed by atoms with Gasteiger partial charge in [0.15, 0.2) is 0 Å². The second-order valence-electron chi connectivity index (χ2n) is 5.66. The van der Waals surface area contributed by atoms with Crippen molar-refractivity contribution in [2.24, 2.45) is 5.73 Å². The van der Waals surface area contributed by atoms with Crippen LogP contribution < -0.4 is 10.6 Å². The highest BCUT2D eigenvalue weighted by atomic mass is 32.1. The Morgan fingerprint density at radius 1 is 1.40 bits per heavy atom. The second-order valence-corrected chi connectivity index (χ2v) is 6.39. The molecule has 0 atom stereocenters. The quantitative estimate of drug-likeness (QED) is 0.786. The monoisotopic (exact) mass is 226 g/mol. The van der Waals surface area contributed by atoms with Crippen LogP contribution in [0.25, 0.3) is 0 Å². The lowest BCUT2D eigenvalue weighted by Gasteiger charge is -2.45. The van der Waals surface area contributed by atoms with Crippen LogP contribution >= 0.6 is 11.5 Å². The van der Waals surface area contributed by atoms with Crippen molar-refractivity contribution in [3.05, 3.63) is 5.82 Å². The summed E-state index contributed by atoms with van der Waals surface area (Å²) < 4.78 is 4.39. The van der Waals surface area contributed by atoms with Crippen LogP contribution in [-0.4, -0.2) is 28.0 Å². The number of nitrogens with two attached hydrogens (primary N) is 1. The first-order valence-corrected chi connectivity index (χ1v) is 5.93. The van der Waals surface area contributed by atoms with Crippen LogP contribution in [0.2, 0.25) is 0 Å². The summed E-state index contributed by atoms with van der Waals surface area (Å²) in [6.45, 7) is 10.2. The fraction of sp³-hybridized carbons (Fsp3) is 0.800. The van der Waals surface area contributed by atoms with E-state index in [9.17, 15) is 0 Å². The molecule has 84 valence electrons. The summed E-state index contributed by atoms with van der Waals surface area (Å²) in [6.07, 6.45) is 0. The van der Waals surface area contributed by atoms with Crippen molar-refractivity contribution < 1.29 is 0 Å². The lowest BCUT2D eigenvalue weighted by Crippen LogP contribution is -2.65. The van der Waals surface area contributed by atoms with E-state index in [4.69, 9.17) is 5.73 Å². The van der Waals surface area contributed by atoms with Gasteiger partial charge in [0.25, 0.3) is 0 Å². The van der Waals surface area contributed by atoms with Gasteiger partial charge in [0.05, 0.1) is 0 Å². The van der Waals surface area contributed by atoms with Crippen LogP contribution in [-0.2, 0) is 5.41 Å². The maximum absolute atomic E-state index is 5.96. The highest BCUT2D eigenvalue weighted by Crippen LogP contribution is 2.30. The zero-order chi connectivity index (χ0) is 11.3. The molecule has 1 aromatic rings. The minimum atomic E-state index is -0.0480. The van der Waals surface area contributed by atoms with Crippen molar-refractivity contribution in [3.8, 4) is 0 Å². The van der Waals surface area contributed by atoms with Gasteiger partial charge in [-0.15, -0.1) is 0 Å². The van der Waals surface area contributed by atoms with Crippen LogP contribution in [0.15, 0.2) is 0 Å². The number of nitrogens with zero attached hydrogens (tertiary/aromatic N) is 3. The van der Waals surface area contributed by atoms with Gasteiger partial charge < -0.3 is 10.6 Å². The third-order valence-corrected chi connectivity index (χ3v) is 3.24. The van der Waals surface area contributed by atoms with Gasteiger partial charge in [0.1, 0.15) is 5.82 Å². The van der Waals surface area contributed by atoms with E-state index >= 15 is 0 Å². The van der Waals surface area contributed by atoms with E-state index in [0.29, 0.717) is 0 Å². The zero-order valence-corrected chi connectivity index (χ0v) is 10.6. The van der Waals surface area contributed by atoms with E-state index in [1.54, 1.807) is 0 Å². The summed E-state index contributed by atoms with van der Waals surface area (Å²) >= 11 is 1.47. The molecule has 5 heteroatoms. The van der Waals surface area contributed by atoms with Crippen molar-refractivity contribution in [2.75, 3.05) is 18.0 Å². The molecule has 0 saturated carbocycles. The highest BCUT2D eigenvalue weighted by Gasteiger charge is 2.37. The minimum absolute atomic E-state index is 0.0334. The van der Waals surface area contributed by atoms with Crippen LogP contribution in [0.3, 0.4) is 0 Å². The Balaban J connectivity index is 2.10. The molecule has 15 heavy (non-hydrogen) atoms. The summed E-state index contributed by atoms with van der Waals surface area (Å²) in [5.41, 5.74) is 5.94. The van der Waals surface area contributed by atoms with E-state index in [1.807, 2.05) is 0 Å². The summed E-state index contributed by atoms with van der Waals surface area (Å²) in [7, 11) is 0. The Kier molecular flexibility index (Phi) is 2.28. The molecule has 1 fully saturated rings. The summed E-state index contributed by atoms with van der Waals surface area (Å²) in [5, 5.41) is 1.00. The van der Waals surface area contributed by atoms with Crippen molar-refractivity contribution in [3.63, 3.8) is 0 Å². The molecule has 0 spiro atoms. The molecular formula is C10H18N4S. The van der Waals surface area contributed by atoms with Gasteiger partial charge in [-0.1, -0.05) is 20.8 Å². The van der Waals surface area contributed by atoms with Gasteiger partial charge in [-0.3, -0.25) is 0 Å². The molecule has 1 aliphatic heterocycles. The largest absolute Gasteiger partial charge is 0.343 e. The predicted octanol–water partition coefficient (Wildman–Crippen LogP) is 1.37. The smallest absolute Gasteiger partial charge is 0.205 e. The Bertz CT molecular complexity index is 356. The lowest BCUT2D eigenvalue weighted by molar-refractivity contribution is 0.364. The Morgan fingerprint density at radius 2 is 2.00 bits per heavy atom. The number of hydrogen-bond acceptors (Lipinski definition) is 5. The van der Waals surface area contributed by atoms with E-state index in [-0.39, 0.29) is 11.0 Å². The van der Waals surface area contributed by atoms with Gasteiger partial charge in [0.2, 0.25) is 5.13 Å². The Morgan fingerprint density at radius 3 is 2.40 bits per heavy atom. The van der Waals surface area contributed by atoms with Crippen molar-refractivity contribution >= 4 is 16.7 Å². The molecule has 1 aliphatic rings. The van der Waals surface area contributed by atoms with Gasteiger partial charge >= 0.3 is 0 Å². The van der Waals surface area contributed by atoms with Crippen molar-refractivity contribution in [1.82, 2.24) is 9.36 Å². The molecule has 0 unspecified atom stereocenters. The van der Waals surface area contributed by atoms with Gasteiger partial charge in [-0.25, -0.2) is 4.98 Å². The molecule has 0 radical (unpaired) electrons. The molecule has 0 bridgehead atoms. The highest BCUT2D eigenvalue weighted by molar-refractivity contribution is 7.09. The Hall–Kier alpha value is -0.680. The molecular weight excluding hydrogens is 208 g/mol. The van der Waals surface area contributed by atoms with E-state index in [0.717, 1.165) is 24.0 Å². The average Bonchev–Trinajstić information content (AvgIpc) is 2.45. The van der Waals surface area contributed by atoms with Crippen LogP contribution in [0.1, 0.15) is 33.5 Å². The molecule has 2 rings (SSSR count). The van der Waals surface area contributed by atoms with Crippen molar-refractivity contribution in [2.45, 2.75) is 38.6 Å². The third kappa shape index (κ3) is 2.13. The SMILES string of the molecule is CC1(N)CN(c2nc(C(C)(C)C)ns2)C1. The molecule has 0 aliphatic carbocycles. The molecule has 1 saturated heterocycles. The first-order chi connectivity index (χ1) is 6.78. The average molecular weight is 226 g/mol. The van der Waals surface area contributed by atoms with Crippen molar-refractivity contribution in [1.29, 1.82) is 0 Å². The minimum Gasteiger partial charge on any atom is -0.343 e. The fourth-order valence-corrected chi connectivity index (χ4v) is 2.46. The molecule has 2 N–H and O–H groups in total. The molecule has 2 heterocycles. The Labute approximate surface area is 94.7 Å². The fourth-order valence-electron chi connectivity index (χ4n) is 1.61. The van der Waals surface area contributed by atoms with Gasteiger partial charge in [-0.2, -0.15) is 4.37 Å². The number of aromatic nitrogens is 2. The summed E-state index contributed by atoms with van der Waals surface area (Å²) in [6, 6.07) is 0. The van der Waals surface area contributed by atoms with Gasteiger partial charge in [-0.05, 0) is 6.92 Å². The zero-order valence-electron chi connectivity index (χ0n) is 9.74. The molecule has 0 aromatic carbocycles. The summed E-state index contributed by atoms with van der Waals surface area (Å²) in [4.78, 5) is 6.73. The van der Waals surface area contributed by atoms with E-state index in [1.165, 1.54) is 11.5 Å². The first kappa shape index (κ1) is 10.8. The third-order valence-electron chi connectivity index (χ3n) is 2.46. The predicted molar refractivity (Wildman–Crippen MR) is 63.4 cm³/mol. The molecule has 0 amide bonds. The van der Waals surface area contributed by atoms with Crippen LogP contribution in [0, 0.1) is 0 Å². The van der Waals surface area contributed by atoms with Crippen LogP contribution in [0.5, 0.6) is 0 Å². The van der Waals surface area contributed by atoms with E-state index < -0.39 is 0 Å². The summed E-state index contributed by atoms with van der Waals surface area (Å²) in [5.74, 6) is 0.924. The number of rotatable bonds is 1. The molecule has 1 aromatic heterocycles. The maximum atomic E-state index is 5.96. The molecule has 4 nitrogen and oxygen atoms in total. The van der Waals surface area contributed by atoms with Crippen LogP contribution in [0.4, 0.5) is 5.13 Å². The normalized spacial score (nSPS) is 20.2. The lowest BCUT2D eigenvalue weighted by atomic mass is 9.94. The van der Waals surface area contributed by atoms with Gasteiger partial charge in [0, 0.05) is 35.6 Å². The maximum Gasteiger partial charge on any atom is 0.205 e. The van der Waals surface area contributed by atoms with E-state index in [2.05, 4.69) is 42.0 Å². The standard InChI is InChI=1S/C10H18N4S/c1-9(2,3)7-12-8(15-13-7)14-5-10(4,11)6-14/h5-6,11H2,1-4H3.